The van der Waals surface area contributed by atoms with Crippen molar-refractivity contribution >= 4 is 23.0 Å². The average Bonchev–Trinajstić information content (AvgIpc) is 3.17. The number of ether oxygens (including phenoxy) is 1. The van der Waals surface area contributed by atoms with Crippen LogP contribution in [0.4, 0.5) is 0 Å². The molecule has 0 saturated carbocycles. The fourth-order valence-corrected chi connectivity index (χ4v) is 3.98. The topological polar surface area (TPSA) is 9.23 Å². The number of unbranched alkanes of at least 4 members (excludes halogenated alkanes) is 1. The van der Waals surface area contributed by atoms with Gasteiger partial charge < -0.3 is 4.74 Å². The highest BCUT2D eigenvalue weighted by atomic mass is 16.5. The maximum absolute atomic E-state index is 6.49. The van der Waals surface area contributed by atoms with Crippen LogP contribution in [0.25, 0.3) is 23.0 Å². The van der Waals surface area contributed by atoms with Crippen molar-refractivity contribution in [2.24, 2.45) is 5.92 Å². The van der Waals surface area contributed by atoms with Crippen molar-refractivity contribution in [1.82, 2.24) is 0 Å². The lowest BCUT2D eigenvalue weighted by atomic mass is 10.0. The molecule has 1 heteroatoms. The van der Waals surface area contributed by atoms with Gasteiger partial charge in [0.25, 0.3) is 0 Å². The third kappa shape index (κ3) is 2.82. The van der Waals surface area contributed by atoms with Gasteiger partial charge in [-0.3, -0.25) is 0 Å². The highest BCUT2D eigenvalue weighted by molar-refractivity contribution is 6.21. The molecule has 1 nitrogen and oxygen atoms in total. The Hall–Kier alpha value is -2.28. The molecule has 128 valence electrons. The molecule has 2 aliphatic carbocycles. The molecular formula is C24H26O. The van der Waals surface area contributed by atoms with E-state index >= 15 is 0 Å². The minimum absolute atomic E-state index is 0.643. The van der Waals surface area contributed by atoms with Gasteiger partial charge in [-0.05, 0) is 39.6 Å². The highest BCUT2D eigenvalue weighted by Crippen LogP contribution is 2.28. The fraction of sp³-hybridized carbons (Fsp3) is 0.333. The molecule has 0 heterocycles. The molecule has 4 rings (SSSR count). The Labute approximate surface area is 149 Å². The number of hydrogen-bond donors (Lipinski definition) is 0. The second-order valence-electron chi connectivity index (χ2n) is 7.12. The summed E-state index contributed by atoms with van der Waals surface area (Å²) in [5, 5.41) is 5.18. The van der Waals surface area contributed by atoms with E-state index in [0.717, 1.165) is 12.4 Å². The second kappa shape index (κ2) is 6.92. The quantitative estimate of drug-likeness (QED) is 0.758. The zero-order chi connectivity index (χ0) is 17.2. The van der Waals surface area contributed by atoms with E-state index in [-0.39, 0.29) is 0 Å². The normalized spacial score (nSPS) is 15.5. The van der Waals surface area contributed by atoms with Crippen molar-refractivity contribution in [1.29, 1.82) is 0 Å². The molecule has 0 aliphatic heterocycles. The van der Waals surface area contributed by atoms with Gasteiger partial charge in [0, 0.05) is 10.8 Å². The molecule has 0 N–H and O–H groups in total. The van der Waals surface area contributed by atoms with Crippen LogP contribution in [0.2, 0.25) is 0 Å². The molecule has 25 heavy (non-hydrogen) atoms. The van der Waals surface area contributed by atoms with Gasteiger partial charge in [0.15, 0.2) is 0 Å². The third-order valence-electron chi connectivity index (χ3n) is 5.49. The van der Waals surface area contributed by atoms with Gasteiger partial charge in [0.05, 0.1) is 6.61 Å². The second-order valence-corrected chi connectivity index (χ2v) is 7.12. The van der Waals surface area contributed by atoms with Crippen molar-refractivity contribution in [3.63, 3.8) is 0 Å². The fourth-order valence-electron chi connectivity index (χ4n) is 3.98. The Morgan fingerprint density at radius 1 is 0.880 bits per heavy atom. The maximum atomic E-state index is 6.49. The smallest absolute Gasteiger partial charge is 0.135 e. The van der Waals surface area contributed by atoms with Crippen molar-refractivity contribution in [3.05, 3.63) is 69.4 Å². The van der Waals surface area contributed by atoms with Crippen LogP contribution in [-0.4, -0.2) is 6.61 Å². The molecule has 0 fully saturated rings. The predicted molar refractivity (Wildman–Crippen MR) is 105 cm³/mol. The molecule has 2 aliphatic rings. The van der Waals surface area contributed by atoms with E-state index in [2.05, 4.69) is 68.5 Å². The molecule has 0 aromatic heterocycles. The summed E-state index contributed by atoms with van der Waals surface area (Å²) < 4.78 is 6.49. The minimum atomic E-state index is 0.643. The zero-order valence-electron chi connectivity index (χ0n) is 15.2. The van der Waals surface area contributed by atoms with Crippen molar-refractivity contribution < 1.29 is 4.74 Å². The lowest BCUT2D eigenvalue weighted by molar-refractivity contribution is 0.205. The summed E-state index contributed by atoms with van der Waals surface area (Å²) in [5.74, 6) is 1.73. The molecule has 1 unspecified atom stereocenters. The minimum Gasteiger partial charge on any atom is -0.492 e. The summed E-state index contributed by atoms with van der Waals surface area (Å²) in [6.07, 6.45) is 7.31. The van der Waals surface area contributed by atoms with Crippen molar-refractivity contribution in [2.45, 2.75) is 39.5 Å². The Balaban J connectivity index is 1.77. The van der Waals surface area contributed by atoms with E-state index in [1.807, 2.05) is 0 Å². The number of hydrogen-bond acceptors (Lipinski definition) is 1. The van der Waals surface area contributed by atoms with E-state index in [1.165, 1.54) is 57.7 Å². The Kier molecular flexibility index (Phi) is 4.48. The van der Waals surface area contributed by atoms with Crippen LogP contribution < -0.4 is 20.9 Å². The third-order valence-corrected chi connectivity index (χ3v) is 5.49. The first-order valence-corrected chi connectivity index (χ1v) is 9.61. The average molecular weight is 330 g/mol. The largest absolute Gasteiger partial charge is 0.492 e. The van der Waals surface area contributed by atoms with E-state index in [9.17, 15) is 0 Å². The molecule has 0 amide bonds. The molecule has 0 spiro atoms. The molecule has 1 atom stereocenters. The van der Waals surface area contributed by atoms with E-state index in [1.54, 1.807) is 0 Å². The Morgan fingerprint density at radius 3 is 2.36 bits per heavy atom. The van der Waals surface area contributed by atoms with Gasteiger partial charge >= 0.3 is 0 Å². The monoisotopic (exact) mass is 330 g/mol. The summed E-state index contributed by atoms with van der Waals surface area (Å²) in [7, 11) is 0. The Morgan fingerprint density at radius 2 is 1.60 bits per heavy atom. The van der Waals surface area contributed by atoms with E-state index in [4.69, 9.17) is 4.74 Å². The lowest BCUT2D eigenvalue weighted by Crippen LogP contribution is -2.27. The summed E-state index contributed by atoms with van der Waals surface area (Å²) in [4.78, 5) is 0. The standard InChI is InChI=1S/C24H26O/c1-3-5-10-17(4-2)16-25-24-21-14-9-8-13-20(21)22-15-18-11-6-7-12-19(18)23(22)24/h6-9,11-15,17H,3-5,10,16H2,1-2H3. The predicted octanol–water partition coefficient (Wildman–Crippen LogP) is 2.84. The van der Waals surface area contributed by atoms with Crippen LogP contribution in [0.15, 0.2) is 48.5 Å². The molecular weight excluding hydrogens is 304 g/mol. The van der Waals surface area contributed by atoms with E-state index in [0.29, 0.717) is 5.92 Å². The summed E-state index contributed by atoms with van der Waals surface area (Å²) in [6.45, 7) is 5.36. The van der Waals surface area contributed by atoms with Gasteiger partial charge in [0.2, 0.25) is 0 Å². The van der Waals surface area contributed by atoms with Crippen LogP contribution in [-0.2, 0) is 4.74 Å². The van der Waals surface area contributed by atoms with Crippen LogP contribution in [0, 0.1) is 5.92 Å². The molecule has 0 saturated heterocycles. The molecule has 2 aromatic rings. The lowest BCUT2D eigenvalue weighted by Gasteiger charge is -2.17. The first-order chi connectivity index (χ1) is 12.3. The highest BCUT2D eigenvalue weighted by Gasteiger charge is 2.24. The molecule has 2 aromatic carbocycles. The molecule has 0 radical (unpaired) electrons. The van der Waals surface area contributed by atoms with Crippen molar-refractivity contribution in [3.8, 4) is 0 Å². The van der Waals surface area contributed by atoms with Gasteiger partial charge in [-0.15, -0.1) is 0 Å². The first kappa shape index (κ1) is 16.2. The van der Waals surface area contributed by atoms with Crippen LogP contribution >= 0.6 is 0 Å². The first-order valence-electron chi connectivity index (χ1n) is 9.61. The number of rotatable bonds is 7. The van der Waals surface area contributed by atoms with Crippen LogP contribution in [0.1, 0.15) is 39.5 Å². The Bertz CT molecular complexity index is 1030. The number of benzene rings is 2. The zero-order valence-corrected chi connectivity index (χ0v) is 15.2. The summed E-state index contributed by atoms with van der Waals surface area (Å²) >= 11 is 0. The summed E-state index contributed by atoms with van der Waals surface area (Å²) in [6, 6.07) is 17.3. The van der Waals surface area contributed by atoms with Gasteiger partial charge in [-0.1, -0.05) is 81.6 Å². The van der Waals surface area contributed by atoms with Gasteiger partial charge in [-0.2, -0.15) is 0 Å². The van der Waals surface area contributed by atoms with Crippen LogP contribution in [0.3, 0.4) is 0 Å². The molecule has 0 bridgehead atoms. The SMILES string of the molecule is CCCCC(CC)COC1=c2ccccc2=C2C=c3ccccc3=C21. The summed E-state index contributed by atoms with van der Waals surface area (Å²) in [5.41, 5.74) is 2.62. The van der Waals surface area contributed by atoms with Crippen molar-refractivity contribution in [2.75, 3.05) is 6.61 Å². The van der Waals surface area contributed by atoms with E-state index < -0.39 is 0 Å². The van der Waals surface area contributed by atoms with Gasteiger partial charge in [-0.25, -0.2) is 0 Å². The van der Waals surface area contributed by atoms with Gasteiger partial charge in [0.1, 0.15) is 5.76 Å². The van der Waals surface area contributed by atoms with Crippen LogP contribution in [0.5, 0.6) is 0 Å². The number of fused-ring (bicyclic) bond motifs is 3. The maximum Gasteiger partial charge on any atom is 0.135 e.